The first kappa shape index (κ1) is 14.7. The highest BCUT2D eigenvalue weighted by Crippen LogP contribution is 2.26. The predicted molar refractivity (Wildman–Crippen MR) is 82.2 cm³/mol. The molecule has 1 aromatic heterocycles. The fourth-order valence-corrected chi connectivity index (χ4v) is 4.77. The highest BCUT2D eigenvalue weighted by molar-refractivity contribution is 9.09. The molecule has 0 bridgehead atoms. The zero-order chi connectivity index (χ0) is 13.9. The van der Waals surface area contributed by atoms with Crippen molar-refractivity contribution in [3.8, 4) is 0 Å². The quantitative estimate of drug-likeness (QED) is 0.832. The Bertz CT molecular complexity index is 626. The van der Waals surface area contributed by atoms with Crippen LogP contribution in [0.15, 0.2) is 52.1 Å². The summed E-state index contributed by atoms with van der Waals surface area (Å²) in [5.41, 5.74) is 0.247. The Labute approximate surface area is 125 Å². The van der Waals surface area contributed by atoms with E-state index in [1.807, 2.05) is 37.3 Å². The van der Waals surface area contributed by atoms with Crippen LogP contribution in [-0.4, -0.2) is 13.7 Å². The molecule has 1 N–H and O–H groups in total. The average molecular weight is 360 g/mol. The zero-order valence-corrected chi connectivity index (χ0v) is 13.6. The van der Waals surface area contributed by atoms with Gasteiger partial charge in [0.15, 0.2) is 0 Å². The molecule has 0 saturated heterocycles. The number of hydrogen-bond acceptors (Lipinski definition) is 3. The smallest absolute Gasteiger partial charge is 0.206 e. The molecule has 2 rings (SSSR count). The maximum atomic E-state index is 12.3. The second-order valence-electron chi connectivity index (χ2n) is 4.37. The van der Waals surface area contributed by atoms with Crippen molar-refractivity contribution in [2.24, 2.45) is 0 Å². The van der Waals surface area contributed by atoms with E-state index < -0.39 is 15.6 Å². The zero-order valence-electron chi connectivity index (χ0n) is 10.3. The second kappa shape index (κ2) is 5.75. The van der Waals surface area contributed by atoms with Crippen molar-refractivity contribution >= 4 is 37.3 Å². The van der Waals surface area contributed by atoms with E-state index in [-0.39, 0.29) is 0 Å². The van der Waals surface area contributed by atoms with Crippen LogP contribution in [0.25, 0.3) is 0 Å². The van der Waals surface area contributed by atoms with E-state index in [9.17, 15) is 8.42 Å². The Morgan fingerprint density at radius 1 is 1.21 bits per heavy atom. The summed E-state index contributed by atoms with van der Waals surface area (Å²) in [6.45, 7) is 1.86. The third-order valence-corrected chi connectivity index (χ3v) is 6.91. The molecule has 0 saturated carbocycles. The summed E-state index contributed by atoms with van der Waals surface area (Å²) in [7, 11) is -3.50. The summed E-state index contributed by atoms with van der Waals surface area (Å²) < 4.78 is 27.7. The lowest BCUT2D eigenvalue weighted by Crippen LogP contribution is -2.44. The molecule has 0 amide bonds. The van der Waals surface area contributed by atoms with Crippen LogP contribution >= 0.6 is 27.3 Å². The first-order chi connectivity index (χ1) is 8.98. The van der Waals surface area contributed by atoms with Crippen molar-refractivity contribution < 1.29 is 8.42 Å². The van der Waals surface area contributed by atoms with E-state index in [0.717, 1.165) is 5.56 Å². The molecule has 6 heteroatoms. The number of sulfonamides is 1. The van der Waals surface area contributed by atoms with Gasteiger partial charge in [0.25, 0.3) is 10.0 Å². The van der Waals surface area contributed by atoms with E-state index in [0.29, 0.717) is 9.54 Å². The first-order valence-electron chi connectivity index (χ1n) is 5.67. The summed E-state index contributed by atoms with van der Waals surface area (Å²) >= 11 is 4.61. The third kappa shape index (κ3) is 3.25. The van der Waals surface area contributed by atoms with Gasteiger partial charge in [-0.05, 0) is 23.9 Å². The summed E-state index contributed by atoms with van der Waals surface area (Å²) in [4.78, 5) is 0. The first-order valence-corrected chi connectivity index (χ1v) is 9.15. The molecule has 0 radical (unpaired) electrons. The molecule has 0 aliphatic heterocycles. The highest BCUT2D eigenvalue weighted by Gasteiger charge is 2.31. The predicted octanol–water partition coefficient (Wildman–Crippen LogP) is 3.34. The number of rotatable bonds is 5. The highest BCUT2D eigenvalue weighted by atomic mass is 79.9. The van der Waals surface area contributed by atoms with Crippen LogP contribution in [0.5, 0.6) is 0 Å². The number of thiophene rings is 1. The third-order valence-electron chi connectivity index (χ3n) is 2.80. The van der Waals surface area contributed by atoms with Crippen LogP contribution in [0.4, 0.5) is 0 Å². The minimum atomic E-state index is -3.50. The molecule has 102 valence electrons. The maximum Gasteiger partial charge on any atom is 0.250 e. The van der Waals surface area contributed by atoms with E-state index in [1.54, 1.807) is 17.5 Å². The Hall–Kier alpha value is -0.690. The van der Waals surface area contributed by atoms with Crippen molar-refractivity contribution in [3.05, 3.63) is 53.4 Å². The SMILES string of the molecule is CC(CBr)(NS(=O)(=O)c1cccs1)c1ccccc1. The molecule has 2 aromatic rings. The van der Waals surface area contributed by atoms with Crippen molar-refractivity contribution in [2.75, 3.05) is 5.33 Å². The fourth-order valence-electron chi connectivity index (χ4n) is 1.73. The molecule has 0 spiro atoms. The van der Waals surface area contributed by atoms with Gasteiger partial charge in [0, 0.05) is 5.33 Å². The maximum absolute atomic E-state index is 12.3. The normalized spacial score (nSPS) is 15.1. The van der Waals surface area contributed by atoms with Gasteiger partial charge in [-0.25, -0.2) is 8.42 Å². The van der Waals surface area contributed by atoms with Crippen LogP contribution in [0.2, 0.25) is 0 Å². The van der Waals surface area contributed by atoms with Crippen LogP contribution in [0.3, 0.4) is 0 Å². The fraction of sp³-hybridized carbons (Fsp3) is 0.231. The monoisotopic (exact) mass is 359 g/mol. The number of hydrogen-bond donors (Lipinski definition) is 1. The molecule has 0 aliphatic carbocycles. The second-order valence-corrected chi connectivity index (χ2v) is 7.79. The van der Waals surface area contributed by atoms with Gasteiger partial charge in [-0.1, -0.05) is 52.3 Å². The van der Waals surface area contributed by atoms with Gasteiger partial charge in [-0.3, -0.25) is 0 Å². The standard InChI is InChI=1S/C13H14BrNO2S2/c1-13(10-14,11-6-3-2-4-7-11)15-19(16,17)12-8-5-9-18-12/h2-9,15H,10H2,1H3. The molecule has 1 aromatic carbocycles. The number of alkyl halides is 1. The molecule has 3 nitrogen and oxygen atoms in total. The Morgan fingerprint density at radius 3 is 2.42 bits per heavy atom. The van der Waals surface area contributed by atoms with E-state index in [4.69, 9.17) is 0 Å². The van der Waals surface area contributed by atoms with Crippen LogP contribution in [0, 0.1) is 0 Å². The van der Waals surface area contributed by atoms with Gasteiger partial charge in [0.1, 0.15) is 4.21 Å². The Morgan fingerprint density at radius 2 is 1.89 bits per heavy atom. The molecule has 19 heavy (non-hydrogen) atoms. The lowest BCUT2D eigenvalue weighted by atomic mass is 9.96. The summed E-state index contributed by atoms with van der Waals surface area (Å²) in [5, 5.41) is 2.25. The number of halogens is 1. The van der Waals surface area contributed by atoms with E-state index in [1.165, 1.54) is 11.3 Å². The minimum Gasteiger partial charge on any atom is -0.206 e. The molecule has 0 aliphatic rings. The number of benzene rings is 1. The lowest BCUT2D eigenvalue weighted by molar-refractivity contribution is 0.483. The van der Waals surface area contributed by atoms with Gasteiger partial charge in [-0.15, -0.1) is 11.3 Å². The Balaban J connectivity index is 2.35. The van der Waals surface area contributed by atoms with Crippen LogP contribution in [0.1, 0.15) is 12.5 Å². The number of nitrogens with one attached hydrogen (secondary N) is 1. The van der Waals surface area contributed by atoms with Crippen LogP contribution in [-0.2, 0) is 15.6 Å². The average Bonchev–Trinajstić information content (AvgIpc) is 2.94. The van der Waals surface area contributed by atoms with Crippen molar-refractivity contribution in [1.29, 1.82) is 0 Å². The minimum absolute atomic E-state index is 0.329. The van der Waals surface area contributed by atoms with E-state index >= 15 is 0 Å². The molecule has 1 atom stereocenters. The lowest BCUT2D eigenvalue weighted by Gasteiger charge is -2.28. The summed E-state index contributed by atoms with van der Waals surface area (Å²) in [6, 6.07) is 12.9. The molecular weight excluding hydrogens is 346 g/mol. The van der Waals surface area contributed by atoms with Crippen LogP contribution < -0.4 is 4.72 Å². The van der Waals surface area contributed by atoms with Gasteiger partial charge >= 0.3 is 0 Å². The molecular formula is C13H14BrNO2S2. The largest absolute Gasteiger partial charge is 0.250 e. The molecule has 1 unspecified atom stereocenters. The van der Waals surface area contributed by atoms with E-state index in [2.05, 4.69) is 20.7 Å². The van der Waals surface area contributed by atoms with Crippen molar-refractivity contribution in [3.63, 3.8) is 0 Å². The molecule has 1 heterocycles. The van der Waals surface area contributed by atoms with Gasteiger partial charge in [0.2, 0.25) is 0 Å². The Kier molecular flexibility index (Phi) is 4.45. The van der Waals surface area contributed by atoms with Gasteiger partial charge in [0.05, 0.1) is 5.54 Å². The van der Waals surface area contributed by atoms with Gasteiger partial charge < -0.3 is 0 Å². The van der Waals surface area contributed by atoms with Crippen molar-refractivity contribution in [1.82, 2.24) is 4.72 Å². The molecule has 0 fully saturated rings. The summed E-state index contributed by atoms with van der Waals surface area (Å²) in [5.74, 6) is 0. The van der Waals surface area contributed by atoms with Gasteiger partial charge in [-0.2, -0.15) is 4.72 Å². The topological polar surface area (TPSA) is 46.2 Å². The van der Waals surface area contributed by atoms with Crippen molar-refractivity contribution in [2.45, 2.75) is 16.7 Å². The summed E-state index contributed by atoms with van der Waals surface area (Å²) in [6.07, 6.45) is 0.